The van der Waals surface area contributed by atoms with Crippen molar-refractivity contribution >= 4 is 11.9 Å². The van der Waals surface area contributed by atoms with Crippen LogP contribution in [0.4, 0.5) is 0 Å². The minimum Gasteiger partial charge on any atom is -0.494 e. The van der Waals surface area contributed by atoms with Gasteiger partial charge >= 0.3 is 5.97 Å². The Kier molecular flexibility index (Phi) is 4.55. The van der Waals surface area contributed by atoms with Gasteiger partial charge in [0.2, 0.25) is 5.91 Å². The summed E-state index contributed by atoms with van der Waals surface area (Å²) >= 11 is 0. The van der Waals surface area contributed by atoms with Gasteiger partial charge in [-0.1, -0.05) is 18.6 Å². The number of hydrogen-bond donors (Lipinski definition) is 1. The summed E-state index contributed by atoms with van der Waals surface area (Å²) in [6.45, 7) is 3.13. The van der Waals surface area contributed by atoms with Crippen LogP contribution in [0, 0.1) is 11.8 Å². The van der Waals surface area contributed by atoms with Crippen LogP contribution in [-0.2, 0) is 16.0 Å². The van der Waals surface area contributed by atoms with Crippen molar-refractivity contribution in [3.63, 3.8) is 0 Å². The van der Waals surface area contributed by atoms with Gasteiger partial charge in [-0.15, -0.1) is 0 Å². The molecule has 3 rings (SSSR count). The molecule has 5 nitrogen and oxygen atoms in total. The molecule has 2 aliphatic rings. The average molecular weight is 317 g/mol. The van der Waals surface area contributed by atoms with E-state index in [1.165, 1.54) is 0 Å². The third-order valence-electron chi connectivity index (χ3n) is 5.05. The second-order valence-electron chi connectivity index (χ2n) is 6.44. The highest BCUT2D eigenvalue weighted by Gasteiger charge is 2.49. The molecule has 1 aromatic rings. The molecular formula is C18H23NO4. The lowest BCUT2D eigenvalue weighted by atomic mass is 9.94. The molecule has 0 bridgehead atoms. The number of rotatable bonds is 5. The minimum absolute atomic E-state index is 0.0871. The number of likely N-dealkylation sites (tertiary alicyclic amines) is 1. The fraction of sp³-hybridized carbons (Fsp3) is 0.556. The summed E-state index contributed by atoms with van der Waals surface area (Å²) in [7, 11) is 0. The molecule has 1 amide bonds. The molecule has 1 aliphatic carbocycles. The molecule has 1 saturated heterocycles. The Morgan fingerprint density at radius 2 is 2.00 bits per heavy atom. The smallest absolute Gasteiger partial charge is 0.326 e. The highest BCUT2D eigenvalue weighted by atomic mass is 16.5. The molecule has 3 unspecified atom stereocenters. The standard InChI is InChI=1S/C18H23NO4/c1-2-23-14-8-6-12(7-9-14)10-16(20)19-11-13-4-3-5-15(13)17(19)18(21)22/h6-9,13,15,17H,2-5,10-11H2,1H3,(H,21,22). The van der Waals surface area contributed by atoms with Crippen molar-refractivity contribution in [1.82, 2.24) is 4.90 Å². The van der Waals surface area contributed by atoms with Crippen molar-refractivity contribution in [2.45, 2.75) is 38.6 Å². The topological polar surface area (TPSA) is 66.8 Å². The maximum absolute atomic E-state index is 12.6. The number of hydrogen-bond acceptors (Lipinski definition) is 3. The zero-order valence-corrected chi connectivity index (χ0v) is 13.4. The predicted octanol–water partition coefficient (Wildman–Crippen LogP) is 2.34. The summed E-state index contributed by atoms with van der Waals surface area (Å²) in [5.74, 6) is 0.329. The zero-order chi connectivity index (χ0) is 16.4. The van der Waals surface area contributed by atoms with Crippen LogP contribution in [0.3, 0.4) is 0 Å². The molecule has 124 valence electrons. The Bertz CT molecular complexity index is 583. The Balaban J connectivity index is 1.68. The van der Waals surface area contributed by atoms with Crippen LogP contribution in [-0.4, -0.2) is 41.1 Å². The molecule has 0 spiro atoms. The quantitative estimate of drug-likeness (QED) is 0.905. The summed E-state index contributed by atoms with van der Waals surface area (Å²) in [4.78, 5) is 25.8. The van der Waals surface area contributed by atoms with E-state index in [0.717, 1.165) is 30.6 Å². The molecule has 0 radical (unpaired) electrons. The van der Waals surface area contributed by atoms with Crippen molar-refractivity contribution in [3.05, 3.63) is 29.8 Å². The van der Waals surface area contributed by atoms with Gasteiger partial charge in [-0.2, -0.15) is 0 Å². The third kappa shape index (κ3) is 3.19. The second kappa shape index (κ2) is 6.60. The monoisotopic (exact) mass is 317 g/mol. The van der Waals surface area contributed by atoms with Gasteiger partial charge in [0.05, 0.1) is 13.0 Å². The maximum Gasteiger partial charge on any atom is 0.326 e. The lowest BCUT2D eigenvalue weighted by molar-refractivity contribution is -0.149. The summed E-state index contributed by atoms with van der Waals surface area (Å²) in [6.07, 6.45) is 3.30. The van der Waals surface area contributed by atoms with Gasteiger partial charge in [0.1, 0.15) is 11.8 Å². The van der Waals surface area contributed by atoms with Gasteiger partial charge in [0, 0.05) is 6.54 Å². The first-order valence-electron chi connectivity index (χ1n) is 8.34. The van der Waals surface area contributed by atoms with Crippen molar-refractivity contribution in [2.24, 2.45) is 11.8 Å². The Morgan fingerprint density at radius 1 is 1.26 bits per heavy atom. The first-order valence-corrected chi connectivity index (χ1v) is 8.34. The van der Waals surface area contributed by atoms with E-state index in [2.05, 4.69) is 0 Å². The summed E-state index contributed by atoms with van der Waals surface area (Å²) in [5, 5.41) is 9.53. The molecule has 23 heavy (non-hydrogen) atoms. The van der Waals surface area contributed by atoms with Gasteiger partial charge in [-0.3, -0.25) is 4.79 Å². The molecule has 1 heterocycles. The molecule has 1 saturated carbocycles. The van der Waals surface area contributed by atoms with Crippen molar-refractivity contribution in [3.8, 4) is 5.75 Å². The molecule has 3 atom stereocenters. The van der Waals surface area contributed by atoms with Gasteiger partial charge in [0.15, 0.2) is 0 Å². The first kappa shape index (κ1) is 15.8. The fourth-order valence-corrected chi connectivity index (χ4v) is 4.02. The van der Waals surface area contributed by atoms with E-state index in [9.17, 15) is 14.7 Å². The van der Waals surface area contributed by atoms with E-state index in [1.54, 1.807) is 4.90 Å². The average Bonchev–Trinajstić information content (AvgIpc) is 3.09. The van der Waals surface area contributed by atoms with E-state index < -0.39 is 12.0 Å². The third-order valence-corrected chi connectivity index (χ3v) is 5.05. The Labute approximate surface area is 136 Å². The predicted molar refractivity (Wildman–Crippen MR) is 85.3 cm³/mol. The van der Waals surface area contributed by atoms with Crippen LogP contribution in [0.5, 0.6) is 5.75 Å². The molecule has 5 heteroatoms. The largest absolute Gasteiger partial charge is 0.494 e. The lowest BCUT2D eigenvalue weighted by Crippen LogP contribution is -2.43. The number of aliphatic carboxylic acids is 1. The number of nitrogens with zero attached hydrogens (tertiary/aromatic N) is 1. The molecule has 2 fully saturated rings. The molecule has 0 aromatic heterocycles. The highest BCUT2D eigenvalue weighted by Crippen LogP contribution is 2.42. The number of carbonyl (C=O) groups excluding carboxylic acids is 1. The number of carboxylic acids is 1. The molecule has 1 aromatic carbocycles. The minimum atomic E-state index is -0.862. The number of carbonyl (C=O) groups is 2. The Hall–Kier alpha value is -2.04. The summed E-state index contributed by atoms with van der Waals surface area (Å²) in [6, 6.07) is 6.79. The van der Waals surface area contributed by atoms with Crippen LogP contribution >= 0.6 is 0 Å². The van der Waals surface area contributed by atoms with E-state index >= 15 is 0 Å². The Morgan fingerprint density at radius 3 is 2.65 bits per heavy atom. The number of benzene rings is 1. The van der Waals surface area contributed by atoms with Crippen LogP contribution in [0.15, 0.2) is 24.3 Å². The maximum atomic E-state index is 12.6. The van der Waals surface area contributed by atoms with Crippen LogP contribution in [0.2, 0.25) is 0 Å². The SMILES string of the molecule is CCOc1ccc(CC(=O)N2CC3CCCC3C2C(=O)O)cc1. The van der Waals surface area contributed by atoms with Gasteiger partial charge in [-0.05, 0) is 49.3 Å². The normalized spacial score (nSPS) is 26.1. The van der Waals surface area contributed by atoms with Crippen molar-refractivity contribution in [2.75, 3.05) is 13.2 Å². The van der Waals surface area contributed by atoms with Crippen LogP contribution < -0.4 is 4.74 Å². The van der Waals surface area contributed by atoms with Gasteiger partial charge in [0.25, 0.3) is 0 Å². The number of carboxylic acid groups (broad SMARTS) is 1. The molecule has 1 N–H and O–H groups in total. The number of fused-ring (bicyclic) bond motifs is 1. The number of ether oxygens (including phenoxy) is 1. The van der Waals surface area contributed by atoms with E-state index in [4.69, 9.17) is 4.74 Å². The fourth-order valence-electron chi connectivity index (χ4n) is 4.02. The zero-order valence-electron chi connectivity index (χ0n) is 13.4. The van der Waals surface area contributed by atoms with Crippen LogP contribution in [0.25, 0.3) is 0 Å². The van der Waals surface area contributed by atoms with E-state index in [1.807, 2.05) is 31.2 Å². The number of amides is 1. The van der Waals surface area contributed by atoms with E-state index in [0.29, 0.717) is 19.1 Å². The van der Waals surface area contributed by atoms with Gasteiger partial charge < -0.3 is 14.7 Å². The summed E-state index contributed by atoms with van der Waals surface area (Å²) < 4.78 is 5.39. The lowest BCUT2D eigenvalue weighted by Gasteiger charge is -2.24. The summed E-state index contributed by atoms with van der Waals surface area (Å²) in [5.41, 5.74) is 0.889. The first-order chi connectivity index (χ1) is 11.1. The molecule has 1 aliphatic heterocycles. The molecular weight excluding hydrogens is 294 g/mol. The van der Waals surface area contributed by atoms with Crippen LogP contribution in [0.1, 0.15) is 31.7 Å². The van der Waals surface area contributed by atoms with E-state index in [-0.39, 0.29) is 18.2 Å². The van der Waals surface area contributed by atoms with Crippen molar-refractivity contribution in [1.29, 1.82) is 0 Å². The highest BCUT2D eigenvalue weighted by molar-refractivity contribution is 5.86. The second-order valence-corrected chi connectivity index (χ2v) is 6.44. The van der Waals surface area contributed by atoms with Crippen molar-refractivity contribution < 1.29 is 19.4 Å². The van der Waals surface area contributed by atoms with Gasteiger partial charge in [-0.25, -0.2) is 4.79 Å².